The molecule has 26 heavy (non-hydrogen) atoms. The fraction of sp³-hybridized carbons (Fsp3) is 0.438. The van der Waals surface area contributed by atoms with Crippen LogP contribution in [-0.2, 0) is 4.74 Å². The Morgan fingerprint density at radius 3 is 2.62 bits per heavy atom. The molecular weight excluding hydrogens is 336 g/mol. The van der Waals surface area contributed by atoms with Crippen molar-refractivity contribution in [3.8, 4) is 11.3 Å². The maximum atomic E-state index is 9.54. The number of nitrogen functional groups attached to an aromatic ring is 1. The largest absolute Gasteiger partial charge is 0.394 e. The number of nitrogens with two attached hydrogens (primary N) is 1. The second kappa shape index (κ2) is 6.81. The van der Waals surface area contributed by atoms with Crippen LogP contribution in [0.15, 0.2) is 18.6 Å². The first-order valence-electron chi connectivity index (χ1n) is 8.44. The van der Waals surface area contributed by atoms with E-state index in [-0.39, 0.29) is 18.6 Å². The van der Waals surface area contributed by atoms with Crippen LogP contribution in [0.5, 0.6) is 0 Å². The summed E-state index contributed by atoms with van der Waals surface area (Å²) in [5.74, 6) is 0.802. The molecule has 0 bridgehead atoms. The predicted octanol–water partition coefficient (Wildman–Crippen LogP) is 0.255. The molecule has 3 aromatic heterocycles. The lowest BCUT2D eigenvalue weighted by molar-refractivity contribution is 0.122. The van der Waals surface area contributed by atoms with Gasteiger partial charge in [0.15, 0.2) is 5.65 Å². The summed E-state index contributed by atoms with van der Waals surface area (Å²) in [4.78, 5) is 19.7. The maximum Gasteiger partial charge on any atom is 0.228 e. The normalized spacial score (nSPS) is 16.2. The Morgan fingerprint density at radius 2 is 1.92 bits per heavy atom. The van der Waals surface area contributed by atoms with E-state index in [4.69, 9.17) is 20.4 Å². The zero-order valence-corrected chi connectivity index (χ0v) is 14.4. The number of aromatic nitrogens is 6. The maximum absolute atomic E-state index is 9.54. The van der Waals surface area contributed by atoms with Gasteiger partial charge in [-0.2, -0.15) is 10.1 Å². The van der Waals surface area contributed by atoms with Gasteiger partial charge in [-0.25, -0.2) is 19.6 Å². The molecule has 4 heterocycles. The van der Waals surface area contributed by atoms with E-state index in [9.17, 15) is 5.11 Å². The average molecular weight is 356 g/mol. The van der Waals surface area contributed by atoms with Crippen molar-refractivity contribution in [1.82, 2.24) is 29.7 Å². The highest BCUT2D eigenvalue weighted by Gasteiger charge is 2.21. The molecule has 136 valence electrons. The zero-order chi connectivity index (χ0) is 18.1. The molecule has 1 aliphatic rings. The number of aliphatic hydroxyl groups is 1. The summed E-state index contributed by atoms with van der Waals surface area (Å²) in [6.45, 7) is 4.55. The van der Waals surface area contributed by atoms with Gasteiger partial charge >= 0.3 is 0 Å². The highest BCUT2D eigenvalue weighted by atomic mass is 16.5. The number of ether oxygens (including phenoxy) is 1. The smallest absolute Gasteiger partial charge is 0.228 e. The third-order valence-electron chi connectivity index (χ3n) is 4.36. The highest BCUT2D eigenvalue weighted by molar-refractivity contribution is 5.91. The Kier molecular flexibility index (Phi) is 4.35. The van der Waals surface area contributed by atoms with E-state index in [2.05, 4.69) is 20.0 Å². The summed E-state index contributed by atoms with van der Waals surface area (Å²) in [6.07, 6.45) is 4.98. The van der Waals surface area contributed by atoms with Crippen molar-refractivity contribution in [2.75, 3.05) is 43.5 Å². The molecule has 1 atom stereocenters. The van der Waals surface area contributed by atoms with Gasteiger partial charge in [0.2, 0.25) is 11.9 Å². The SMILES string of the molecule is C[C@H](CO)n1ncc2c(-c3cnc(N)nc3)nc(N3CCOCC3)nc21. The molecule has 10 nitrogen and oxygen atoms in total. The minimum atomic E-state index is -0.199. The molecule has 1 saturated heterocycles. The number of fused-ring (bicyclic) bond motifs is 1. The first-order valence-corrected chi connectivity index (χ1v) is 8.44. The van der Waals surface area contributed by atoms with E-state index >= 15 is 0 Å². The zero-order valence-electron chi connectivity index (χ0n) is 14.4. The Balaban J connectivity index is 1.90. The number of nitrogens with zero attached hydrogens (tertiary/aromatic N) is 7. The fourth-order valence-corrected chi connectivity index (χ4v) is 2.90. The highest BCUT2D eigenvalue weighted by Crippen LogP contribution is 2.29. The first-order chi connectivity index (χ1) is 12.7. The van der Waals surface area contributed by atoms with E-state index in [0.29, 0.717) is 43.6 Å². The Morgan fingerprint density at radius 1 is 1.19 bits per heavy atom. The topological polar surface area (TPSA) is 128 Å². The molecule has 0 spiro atoms. The fourth-order valence-electron chi connectivity index (χ4n) is 2.90. The van der Waals surface area contributed by atoms with Crippen molar-refractivity contribution in [3.05, 3.63) is 18.6 Å². The lowest BCUT2D eigenvalue weighted by Crippen LogP contribution is -2.37. The molecule has 0 radical (unpaired) electrons. The number of hydrogen-bond donors (Lipinski definition) is 2. The van der Waals surface area contributed by atoms with Crippen LogP contribution in [-0.4, -0.2) is 67.7 Å². The van der Waals surface area contributed by atoms with Crippen LogP contribution in [0.25, 0.3) is 22.3 Å². The number of morpholine rings is 1. The van der Waals surface area contributed by atoms with Crippen LogP contribution < -0.4 is 10.6 Å². The van der Waals surface area contributed by atoms with Gasteiger partial charge in [0.05, 0.1) is 43.1 Å². The van der Waals surface area contributed by atoms with Crippen molar-refractivity contribution in [2.45, 2.75) is 13.0 Å². The molecule has 10 heteroatoms. The van der Waals surface area contributed by atoms with Crippen LogP contribution >= 0.6 is 0 Å². The van der Waals surface area contributed by atoms with Gasteiger partial charge in [-0.05, 0) is 6.92 Å². The molecule has 1 fully saturated rings. The Bertz CT molecular complexity index is 905. The van der Waals surface area contributed by atoms with E-state index in [1.165, 1.54) is 0 Å². The summed E-state index contributed by atoms with van der Waals surface area (Å²) in [5.41, 5.74) is 7.69. The molecule has 3 aromatic rings. The van der Waals surface area contributed by atoms with Gasteiger partial charge in [0.1, 0.15) is 0 Å². The Hall–Kier alpha value is -2.85. The quantitative estimate of drug-likeness (QED) is 0.676. The van der Waals surface area contributed by atoms with Crippen LogP contribution in [0, 0.1) is 0 Å². The van der Waals surface area contributed by atoms with E-state index < -0.39 is 0 Å². The van der Waals surface area contributed by atoms with Crippen molar-refractivity contribution < 1.29 is 9.84 Å². The number of rotatable bonds is 4. The summed E-state index contributed by atoms with van der Waals surface area (Å²) in [7, 11) is 0. The van der Waals surface area contributed by atoms with E-state index in [1.54, 1.807) is 23.3 Å². The molecule has 0 aromatic carbocycles. The van der Waals surface area contributed by atoms with Crippen LogP contribution in [0.2, 0.25) is 0 Å². The van der Waals surface area contributed by atoms with Gasteiger partial charge in [-0.15, -0.1) is 0 Å². The lowest BCUT2D eigenvalue weighted by Gasteiger charge is -2.27. The van der Waals surface area contributed by atoms with E-state index in [1.807, 2.05) is 6.92 Å². The molecule has 3 N–H and O–H groups in total. The molecule has 0 saturated carbocycles. The standard InChI is InChI=1S/C16H20N8O2/c1-10(9-25)24-14-12(8-20-24)13(11-6-18-15(17)19-7-11)21-16(22-14)23-2-4-26-5-3-23/h6-8,10,25H,2-5,9H2,1H3,(H2,17,18,19)/t10-/m1/s1. The Labute approximate surface area is 149 Å². The minimum Gasteiger partial charge on any atom is -0.394 e. The first kappa shape index (κ1) is 16.6. The number of hydrogen-bond acceptors (Lipinski definition) is 9. The summed E-state index contributed by atoms with van der Waals surface area (Å²) in [6, 6.07) is -0.199. The predicted molar refractivity (Wildman–Crippen MR) is 95.6 cm³/mol. The average Bonchev–Trinajstić information content (AvgIpc) is 3.12. The number of anilines is 2. The number of aliphatic hydroxyl groups excluding tert-OH is 1. The summed E-state index contributed by atoms with van der Waals surface area (Å²) < 4.78 is 7.13. The van der Waals surface area contributed by atoms with Crippen molar-refractivity contribution >= 4 is 22.9 Å². The van der Waals surface area contributed by atoms with Gasteiger partial charge in [-0.3, -0.25) is 0 Å². The monoisotopic (exact) mass is 356 g/mol. The summed E-state index contributed by atoms with van der Waals surface area (Å²) in [5, 5.41) is 14.7. The molecule has 1 aliphatic heterocycles. The molecular formula is C16H20N8O2. The summed E-state index contributed by atoms with van der Waals surface area (Å²) >= 11 is 0. The van der Waals surface area contributed by atoms with Crippen LogP contribution in [0.1, 0.15) is 13.0 Å². The van der Waals surface area contributed by atoms with Crippen molar-refractivity contribution in [3.63, 3.8) is 0 Å². The van der Waals surface area contributed by atoms with Crippen molar-refractivity contribution in [1.29, 1.82) is 0 Å². The second-order valence-electron chi connectivity index (χ2n) is 6.16. The minimum absolute atomic E-state index is 0.0337. The molecule has 4 rings (SSSR count). The van der Waals surface area contributed by atoms with E-state index in [0.717, 1.165) is 10.9 Å². The third-order valence-corrected chi connectivity index (χ3v) is 4.36. The molecule has 0 unspecified atom stereocenters. The van der Waals surface area contributed by atoms with Gasteiger partial charge in [0, 0.05) is 31.0 Å². The molecule has 0 aliphatic carbocycles. The van der Waals surface area contributed by atoms with Gasteiger partial charge in [-0.1, -0.05) is 0 Å². The van der Waals surface area contributed by atoms with Gasteiger partial charge in [0.25, 0.3) is 0 Å². The lowest BCUT2D eigenvalue weighted by atomic mass is 10.2. The van der Waals surface area contributed by atoms with Crippen LogP contribution in [0.3, 0.4) is 0 Å². The van der Waals surface area contributed by atoms with Crippen LogP contribution in [0.4, 0.5) is 11.9 Å². The second-order valence-corrected chi connectivity index (χ2v) is 6.16. The molecule has 0 amide bonds. The van der Waals surface area contributed by atoms with Crippen molar-refractivity contribution in [2.24, 2.45) is 0 Å². The third kappa shape index (κ3) is 2.93. The van der Waals surface area contributed by atoms with Gasteiger partial charge < -0.3 is 20.5 Å².